The Labute approximate surface area is 200 Å². The summed E-state index contributed by atoms with van der Waals surface area (Å²) < 4.78 is 13.1. The molecule has 0 fully saturated rings. The van der Waals surface area contributed by atoms with E-state index in [0.29, 0.717) is 0 Å². The third-order valence-corrected chi connectivity index (χ3v) is 6.54. The number of benzene rings is 2. The monoisotopic (exact) mass is 454 g/mol. The van der Waals surface area contributed by atoms with Gasteiger partial charge in [0.2, 0.25) is 0 Å². The summed E-state index contributed by atoms with van der Waals surface area (Å²) in [5.41, 5.74) is 6.27. The topological polar surface area (TPSA) is 61.5 Å². The van der Waals surface area contributed by atoms with E-state index in [-0.39, 0.29) is 0 Å². The molecule has 0 saturated carbocycles. The van der Waals surface area contributed by atoms with Gasteiger partial charge >= 0.3 is 0 Å². The fraction of sp³-hybridized carbons (Fsp3) is 0.321. The summed E-state index contributed by atoms with van der Waals surface area (Å²) in [6.07, 6.45) is 11.9. The zero-order chi connectivity index (χ0) is 23.3. The van der Waals surface area contributed by atoms with Gasteiger partial charge in [-0.15, -0.1) is 10.2 Å². The van der Waals surface area contributed by atoms with Crippen molar-refractivity contribution in [3.63, 3.8) is 0 Å². The van der Waals surface area contributed by atoms with Gasteiger partial charge in [0.05, 0.1) is 14.2 Å². The summed E-state index contributed by atoms with van der Waals surface area (Å²) in [5, 5.41) is 9.27. The highest BCUT2D eigenvalue weighted by Gasteiger charge is 2.20. The Hall–Kier alpha value is -3.67. The second-order valence-corrected chi connectivity index (χ2v) is 8.69. The van der Waals surface area contributed by atoms with E-state index in [1.54, 1.807) is 14.2 Å². The van der Waals surface area contributed by atoms with E-state index in [9.17, 15) is 0 Å². The fourth-order valence-electron chi connectivity index (χ4n) is 4.65. The van der Waals surface area contributed by atoms with Crippen LogP contribution in [0.1, 0.15) is 47.6 Å². The number of rotatable bonds is 10. The highest BCUT2D eigenvalue weighted by atomic mass is 16.5. The molecule has 1 aliphatic heterocycles. The summed E-state index contributed by atoms with van der Waals surface area (Å²) >= 11 is 0. The predicted molar refractivity (Wildman–Crippen MR) is 135 cm³/mol. The second kappa shape index (κ2) is 10.1. The van der Waals surface area contributed by atoms with E-state index in [0.717, 1.165) is 68.2 Å². The molecule has 3 aromatic rings. The fourth-order valence-corrected chi connectivity index (χ4v) is 4.65. The van der Waals surface area contributed by atoms with Crippen LogP contribution in [-0.4, -0.2) is 35.2 Å². The van der Waals surface area contributed by atoms with Crippen LogP contribution >= 0.6 is 0 Å². The molecule has 1 aromatic heterocycles. The maximum atomic E-state index is 5.46. The number of hydrogen-bond acceptors (Lipinski definition) is 5. The van der Waals surface area contributed by atoms with Gasteiger partial charge in [0.15, 0.2) is 0 Å². The maximum absolute atomic E-state index is 5.46. The number of fused-ring (bicyclic) bond motifs is 1. The summed E-state index contributed by atoms with van der Waals surface area (Å²) in [6, 6.07) is 14.5. The molecule has 0 amide bonds. The van der Waals surface area contributed by atoms with Crippen LogP contribution in [0.25, 0.3) is 5.57 Å². The highest BCUT2D eigenvalue weighted by molar-refractivity contribution is 5.75. The number of aliphatic imine (C=N–C) groups is 1. The van der Waals surface area contributed by atoms with Crippen LogP contribution in [0.2, 0.25) is 0 Å². The number of aromatic nitrogens is 3. The lowest BCUT2D eigenvalue weighted by Gasteiger charge is -2.12. The van der Waals surface area contributed by atoms with Crippen LogP contribution in [0.5, 0.6) is 11.5 Å². The number of methoxy groups -OCH3 is 2. The minimum absolute atomic E-state index is 0.737. The van der Waals surface area contributed by atoms with E-state index in [4.69, 9.17) is 9.47 Å². The van der Waals surface area contributed by atoms with Crippen LogP contribution in [-0.2, 0) is 25.8 Å². The average molecular weight is 455 g/mol. The van der Waals surface area contributed by atoms with Crippen molar-refractivity contribution >= 4 is 11.8 Å². The Balaban J connectivity index is 1.38. The SMILES string of the molecule is COc1ccc(Cc2nnc(CC3=CCc4ccc(OC)cc43)n2CCCC2=CCC=N2)cc1. The van der Waals surface area contributed by atoms with Gasteiger partial charge in [0, 0.05) is 37.7 Å². The minimum atomic E-state index is 0.737. The van der Waals surface area contributed by atoms with Crippen LogP contribution in [0.4, 0.5) is 0 Å². The zero-order valence-electron chi connectivity index (χ0n) is 19.8. The van der Waals surface area contributed by atoms with Crippen molar-refractivity contribution in [3.05, 3.63) is 88.7 Å². The predicted octanol–water partition coefficient (Wildman–Crippen LogP) is 5.21. The molecule has 2 aromatic carbocycles. The Morgan fingerprint density at radius 2 is 1.65 bits per heavy atom. The summed E-state index contributed by atoms with van der Waals surface area (Å²) in [7, 11) is 3.40. The number of nitrogens with zero attached hydrogens (tertiary/aromatic N) is 4. The molecule has 0 N–H and O–H groups in total. The van der Waals surface area contributed by atoms with E-state index < -0.39 is 0 Å². The molecule has 6 heteroatoms. The van der Waals surface area contributed by atoms with E-state index in [2.05, 4.69) is 56.2 Å². The van der Waals surface area contributed by atoms with Gasteiger partial charge in [0.25, 0.3) is 0 Å². The molecule has 5 rings (SSSR count). The van der Waals surface area contributed by atoms with Crippen molar-refractivity contribution in [2.75, 3.05) is 14.2 Å². The van der Waals surface area contributed by atoms with Gasteiger partial charge in [-0.3, -0.25) is 4.99 Å². The van der Waals surface area contributed by atoms with E-state index >= 15 is 0 Å². The van der Waals surface area contributed by atoms with Crippen molar-refractivity contribution in [2.45, 2.75) is 45.1 Å². The molecule has 0 radical (unpaired) electrons. The first-order valence-electron chi connectivity index (χ1n) is 11.9. The first-order chi connectivity index (χ1) is 16.7. The smallest absolute Gasteiger partial charge is 0.137 e. The third-order valence-electron chi connectivity index (χ3n) is 6.54. The number of allylic oxidation sites excluding steroid dienone is 4. The molecular formula is C28H30N4O2. The van der Waals surface area contributed by atoms with Gasteiger partial charge in [-0.05, 0) is 65.8 Å². The normalized spacial score (nSPS) is 14.2. The molecule has 1 aliphatic carbocycles. The van der Waals surface area contributed by atoms with E-state index in [1.165, 1.54) is 28.0 Å². The lowest BCUT2D eigenvalue weighted by molar-refractivity contribution is 0.414. The van der Waals surface area contributed by atoms with Crippen LogP contribution in [0, 0.1) is 0 Å². The lowest BCUT2D eigenvalue weighted by atomic mass is 10.0. The first-order valence-corrected chi connectivity index (χ1v) is 11.9. The largest absolute Gasteiger partial charge is 0.497 e. The summed E-state index contributed by atoms with van der Waals surface area (Å²) in [4.78, 5) is 4.47. The molecule has 0 atom stereocenters. The van der Waals surface area contributed by atoms with Crippen LogP contribution < -0.4 is 9.47 Å². The Morgan fingerprint density at radius 1 is 0.882 bits per heavy atom. The molecule has 0 unspecified atom stereocenters. The van der Waals surface area contributed by atoms with Crippen molar-refractivity contribution < 1.29 is 9.47 Å². The molecule has 34 heavy (non-hydrogen) atoms. The molecular weight excluding hydrogens is 424 g/mol. The molecule has 0 bridgehead atoms. The first kappa shape index (κ1) is 22.1. The van der Waals surface area contributed by atoms with Gasteiger partial charge in [0.1, 0.15) is 23.1 Å². The van der Waals surface area contributed by atoms with Crippen molar-refractivity contribution in [3.8, 4) is 11.5 Å². The maximum Gasteiger partial charge on any atom is 0.137 e. The van der Waals surface area contributed by atoms with Crippen LogP contribution in [0.15, 0.2) is 65.3 Å². The van der Waals surface area contributed by atoms with E-state index in [1.807, 2.05) is 24.4 Å². The Morgan fingerprint density at radius 3 is 2.38 bits per heavy atom. The lowest BCUT2D eigenvalue weighted by Crippen LogP contribution is -2.10. The van der Waals surface area contributed by atoms with Gasteiger partial charge < -0.3 is 14.0 Å². The molecule has 0 spiro atoms. The van der Waals surface area contributed by atoms with Gasteiger partial charge in [-0.2, -0.15) is 0 Å². The number of hydrogen-bond donors (Lipinski definition) is 0. The Bertz CT molecular complexity index is 1250. The highest BCUT2D eigenvalue weighted by Crippen LogP contribution is 2.33. The Kier molecular flexibility index (Phi) is 6.56. The molecule has 0 saturated heterocycles. The standard InChI is InChI=1S/C28H30N4O2/c1-33-24-12-7-20(8-13-24)17-27-30-31-28(32(27)16-4-6-23-5-3-15-29-23)18-22-10-9-21-11-14-25(34-2)19-26(21)22/h5,7-8,10-15,19H,3-4,6,9,16-18H2,1-2H3. The average Bonchev–Trinajstić information content (AvgIpc) is 3.62. The summed E-state index contributed by atoms with van der Waals surface area (Å²) in [6.45, 7) is 0.874. The molecule has 2 heterocycles. The van der Waals surface area contributed by atoms with Crippen molar-refractivity contribution in [1.82, 2.24) is 14.8 Å². The van der Waals surface area contributed by atoms with Crippen molar-refractivity contribution in [1.29, 1.82) is 0 Å². The summed E-state index contributed by atoms with van der Waals surface area (Å²) in [5.74, 6) is 3.75. The van der Waals surface area contributed by atoms with Gasteiger partial charge in [-0.1, -0.05) is 30.4 Å². The quantitative estimate of drug-likeness (QED) is 0.422. The third kappa shape index (κ3) is 4.81. The molecule has 6 nitrogen and oxygen atoms in total. The molecule has 174 valence electrons. The van der Waals surface area contributed by atoms with Crippen LogP contribution in [0.3, 0.4) is 0 Å². The van der Waals surface area contributed by atoms with Crippen molar-refractivity contribution in [2.24, 2.45) is 4.99 Å². The number of ether oxygens (including phenoxy) is 2. The zero-order valence-corrected chi connectivity index (χ0v) is 19.8. The minimum Gasteiger partial charge on any atom is -0.497 e. The molecule has 2 aliphatic rings. The second-order valence-electron chi connectivity index (χ2n) is 8.69. The van der Waals surface area contributed by atoms with Gasteiger partial charge in [-0.25, -0.2) is 0 Å².